The molecular formula is C59H94N4+2. The minimum absolute atomic E-state index is 0.255. The largest absolute Gasteiger partial charge is 0.251 e. The Bertz CT molecular complexity index is 1440. The minimum atomic E-state index is -0.324. The molecule has 2 heterocycles. The molecule has 4 heteroatoms. The highest BCUT2D eigenvalue weighted by Gasteiger charge is 2.55. The van der Waals surface area contributed by atoms with E-state index in [-0.39, 0.29) is 11.3 Å². The van der Waals surface area contributed by atoms with Gasteiger partial charge in [-0.2, -0.15) is 0 Å². The first-order valence-electron chi connectivity index (χ1n) is 27.2. The Balaban J connectivity index is 1.34. The fourth-order valence-corrected chi connectivity index (χ4v) is 10.6. The van der Waals surface area contributed by atoms with Gasteiger partial charge in [-0.3, -0.25) is 0 Å². The standard InChI is InChI=1S/C59H94N4/c1-3-5-7-9-11-13-15-17-19-21-22-24-26-28-30-36-42-54(57-60-48-49-61-57)52-59(58-62-50-51-63-58,55-43-38-33-39-44-55)56(47-46-53-40-34-32-35-41-53)45-37-31-29-27-25-23-20-18-16-14-12-10-8-6-4-2/h32-35,38-41,43-44,48-51,54,56H,3-31,36-37,42,45-47,52H2,1-2H3/q+2. The highest BCUT2D eigenvalue weighted by atomic mass is 15.1. The molecule has 3 unspecified atom stereocenters. The van der Waals surface area contributed by atoms with Gasteiger partial charge in [0.05, 0.1) is 5.92 Å². The topological polar surface area (TPSA) is 49.4 Å². The Morgan fingerprint density at radius 3 is 1.19 bits per heavy atom. The number of hydrogen-bond donors (Lipinski definition) is 0. The summed E-state index contributed by atoms with van der Waals surface area (Å²) in [5.41, 5.74) is 2.46. The molecule has 0 saturated heterocycles. The Morgan fingerprint density at radius 1 is 0.397 bits per heavy atom. The molecule has 0 aromatic heterocycles. The van der Waals surface area contributed by atoms with Crippen molar-refractivity contribution in [2.75, 3.05) is 0 Å². The molecule has 2 aromatic rings. The first-order chi connectivity index (χ1) is 31.3. The maximum Gasteiger partial charge on any atom is 0.251 e. The number of aryl methyl sites for hydroxylation is 1. The van der Waals surface area contributed by atoms with Gasteiger partial charge in [0.15, 0.2) is 24.9 Å². The molecule has 0 N–H and O–H groups in total. The van der Waals surface area contributed by atoms with Crippen LogP contribution in [0.1, 0.15) is 250 Å². The van der Waals surface area contributed by atoms with E-state index in [4.69, 9.17) is 20.0 Å². The van der Waals surface area contributed by atoms with Crippen LogP contribution in [-0.2, 0) is 11.8 Å². The van der Waals surface area contributed by atoms with Crippen molar-refractivity contribution in [3.63, 3.8) is 0 Å². The Labute approximate surface area is 389 Å². The van der Waals surface area contributed by atoms with E-state index >= 15 is 0 Å². The zero-order chi connectivity index (χ0) is 44.1. The lowest BCUT2D eigenvalue weighted by atomic mass is 9.60. The average Bonchev–Trinajstić information content (AvgIpc) is 4.07. The van der Waals surface area contributed by atoms with Crippen LogP contribution in [0.3, 0.4) is 0 Å². The number of nitrogens with zero attached hydrogens (tertiary/aromatic N) is 4. The van der Waals surface area contributed by atoms with E-state index in [1.807, 2.05) is 24.9 Å². The molecule has 348 valence electrons. The minimum Gasteiger partial charge on any atom is -0.0965 e. The van der Waals surface area contributed by atoms with Crippen molar-refractivity contribution in [1.29, 1.82) is 0 Å². The summed E-state index contributed by atoms with van der Waals surface area (Å²) in [7, 11) is 0. The summed E-state index contributed by atoms with van der Waals surface area (Å²) in [4.78, 5) is 20.1. The fourth-order valence-electron chi connectivity index (χ4n) is 10.6. The molecule has 0 radical (unpaired) electrons. The first-order valence-corrected chi connectivity index (χ1v) is 27.2. The van der Waals surface area contributed by atoms with E-state index in [0.717, 1.165) is 38.0 Å². The van der Waals surface area contributed by atoms with E-state index in [9.17, 15) is 0 Å². The second-order valence-electron chi connectivity index (χ2n) is 19.6. The van der Waals surface area contributed by atoms with Crippen LogP contribution in [0.15, 0.2) is 80.6 Å². The number of unbranched alkanes of at least 4 members (excludes halogenated alkanes) is 29. The molecule has 63 heavy (non-hydrogen) atoms. The predicted molar refractivity (Wildman–Crippen MR) is 279 cm³/mol. The van der Waals surface area contributed by atoms with Crippen LogP contribution in [0.25, 0.3) is 0 Å². The second kappa shape index (κ2) is 35.2. The summed E-state index contributed by atoms with van der Waals surface area (Å²) in [5.74, 6) is 0.651. The average molecular weight is 859 g/mol. The smallest absolute Gasteiger partial charge is 0.0965 e. The molecule has 0 fully saturated rings. The van der Waals surface area contributed by atoms with Gasteiger partial charge in [-0.1, -0.05) is 294 Å². The molecule has 2 aliphatic rings. The van der Waals surface area contributed by atoms with E-state index in [1.165, 1.54) is 217 Å². The van der Waals surface area contributed by atoms with Crippen molar-refractivity contribution in [1.82, 2.24) is 0 Å². The zero-order valence-corrected chi connectivity index (χ0v) is 41.0. The van der Waals surface area contributed by atoms with Gasteiger partial charge in [0.1, 0.15) is 5.41 Å². The summed E-state index contributed by atoms with van der Waals surface area (Å²) in [6, 6.07) is 22.5. The van der Waals surface area contributed by atoms with E-state index in [1.54, 1.807) is 0 Å². The highest BCUT2D eigenvalue weighted by Crippen LogP contribution is 2.53. The highest BCUT2D eigenvalue weighted by molar-refractivity contribution is 6.18. The maximum absolute atomic E-state index is 5.12. The maximum atomic E-state index is 5.12. The summed E-state index contributed by atoms with van der Waals surface area (Å²) < 4.78 is 0. The Morgan fingerprint density at radius 2 is 0.762 bits per heavy atom. The number of rotatable bonds is 42. The molecule has 0 aliphatic carbocycles. The molecule has 0 spiro atoms. The molecule has 2 aromatic carbocycles. The van der Waals surface area contributed by atoms with Crippen LogP contribution in [0.2, 0.25) is 0 Å². The van der Waals surface area contributed by atoms with Gasteiger partial charge in [-0.15, -0.1) is 0 Å². The van der Waals surface area contributed by atoms with Gasteiger partial charge in [0.2, 0.25) is 6.17 Å². The van der Waals surface area contributed by atoms with Crippen molar-refractivity contribution >= 4 is 24.9 Å². The lowest BCUT2D eigenvalue weighted by Crippen LogP contribution is -2.42. The van der Waals surface area contributed by atoms with Crippen molar-refractivity contribution < 1.29 is 0 Å². The summed E-state index contributed by atoms with van der Waals surface area (Å²) in [6.07, 6.45) is 58.2. The van der Waals surface area contributed by atoms with Crippen molar-refractivity contribution in [3.05, 3.63) is 84.1 Å². The summed E-state index contributed by atoms with van der Waals surface area (Å²) >= 11 is 0. The lowest BCUT2D eigenvalue weighted by Gasteiger charge is -2.41. The second-order valence-corrected chi connectivity index (χ2v) is 19.6. The van der Waals surface area contributed by atoms with Crippen molar-refractivity contribution in [2.24, 2.45) is 31.8 Å². The third-order valence-corrected chi connectivity index (χ3v) is 14.4. The number of hydrogen-bond acceptors (Lipinski definition) is 4. The van der Waals surface area contributed by atoms with E-state index < -0.39 is 0 Å². The van der Waals surface area contributed by atoms with Crippen molar-refractivity contribution in [3.8, 4) is 0 Å². The molecule has 4 nitrogen and oxygen atoms in total. The summed E-state index contributed by atoms with van der Waals surface area (Å²) in [6.45, 7) is 4.62. The van der Waals surface area contributed by atoms with Crippen LogP contribution in [0.4, 0.5) is 0 Å². The van der Waals surface area contributed by atoms with E-state index in [0.29, 0.717) is 5.92 Å². The van der Waals surface area contributed by atoms with Gasteiger partial charge in [-0.25, -0.2) is 0 Å². The third kappa shape index (κ3) is 21.6. The number of aliphatic imine (C=N–C) groups is 4. The van der Waals surface area contributed by atoms with Gasteiger partial charge in [0, 0.05) is 0 Å². The van der Waals surface area contributed by atoms with Gasteiger partial charge in [-0.05, 0) is 49.1 Å². The molecule has 0 saturated carbocycles. The first kappa shape index (κ1) is 52.5. The van der Waals surface area contributed by atoms with Crippen LogP contribution in [-0.4, -0.2) is 24.9 Å². The predicted octanol–water partition coefficient (Wildman–Crippen LogP) is 18.4. The third-order valence-electron chi connectivity index (χ3n) is 14.4. The van der Waals surface area contributed by atoms with Crippen LogP contribution < -0.4 is 0 Å². The molecular weight excluding hydrogens is 765 g/mol. The monoisotopic (exact) mass is 859 g/mol. The Hall–Kier alpha value is -3.14. The number of benzene rings is 2. The fraction of sp³-hybridized carbons (Fsp3) is 0.695. The molecule has 0 amide bonds. The van der Waals surface area contributed by atoms with Gasteiger partial charge in [0.25, 0.3) is 6.17 Å². The van der Waals surface area contributed by atoms with E-state index in [2.05, 4.69) is 74.5 Å². The Kier molecular flexibility index (Phi) is 29.3. The van der Waals surface area contributed by atoms with Crippen molar-refractivity contribution in [2.45, 2.75) is 250 Å². The molecule has 0 bridgehead atoms. The van der Waals surface area contributed by atoms with Crippen LogP contribution in [0.5, 0.6) is 0 Å². The molecule has 4 rings (SSSR count). The van der Waals surface area contributed by atoms with Gasteiger partial charge < -0.3 is 0 Å². The molecule has 2 aliphatic heterocycles. The quantitative estimate of drug-likeness (QED) is 0.0472. The SMILES string of the molecule is CCCCCCCCCCCCCCCCCCC(CC(c1ccccc1)([C+]1N=CC=N1)C(CCCCCCCCCCCCCCCCC)CCc1ccccc1)[C+]1N=CC=N1. The normalized spacial score (nSPS) is 15.2. The lowest BCUT2D eigenvalue weighted by molar-refractivity contribution is 0.189. The van der Waals surface area contributed by atoms with Crippen LogP contribution in [0, 0.1) is 24.2 Å². The summed E-state index contributed by atoms with van der Waals surface area (Å²) in [5, 5.41) is 0. The molecule has 3 atom stereocenters. The van der Waals surface area contributed by atoms with Crippen LogP contribution >= 0.6 is 0 Å². The zero-order valence-electron chi connectivity index (χ0n) is 41.0. The van der Waals surface area contributed by atoms with Gasteiger partial charge >= 0.3 is 0 Å².